The minimum absolute atomic E-state index is 0.630. The molecule has 19 heavy (non-hydrogen) atoms. The average Bonchev–Trinajstić information content (AvgIpc) is 2.97. The van der Waals surface area contributed by atoms with E-state index in [9.17, 15) is 0 Å². The molecule has 0 aliphatic carbocycles. The highest BCUT2D eigenvalue weighted by molar-refractivity contribution is 5.83. The summed E-state index contributed by atoms with van der Waals surface area (Å²) in [6.07, 6.45) is 1.79. The molecule has 104 valence electrons. The maximum atomic E-state index is 5.34. The standard InChI is InChI=1S/C14H20N2O3/c1-17-11-8-10(4-5-13-15-6-7-16-13)9-12(18-2)14(11)19-3/h8-9H,4-7H2,1-3H3,(H,15,16). The van der Waals surface area contributed by atoms with Gasteiger partial charge in [-0.1, -0.05) is 0 Å². The minimum atomic E-state index is 0.630. The highest BCUT2D eigenvalue weighted by Gasteiger charge is 2.13. The lowest BCUT2D eigenvalue weighted by Gasteiger charge is -2.14. The zero-order chi connectivity index (χ0) is 13.7. The molecule has 0 saturated carbocycles. The third-order valence-corrected chi connectivity index (χ3v) is 3.12. The first kappa shape index (κ1) is 13.5. The predicted molar refractivity (Wildman–Crippen MR) is 74.7 cm³/mol. The Bertz CT molecular complexity index is 447. The molecule has 1 aliphatic heterocycles. The molecule has 0 saturated heterocycles. The molecule has 0 aromatic heterocycles. The van der Waals surface area contributed by atoms with Crippen molar-refractivity contribution in [3.05, 3.63) is 17.7 Å². The summed E-state index contributed by atoms with van der Waals surface area (Å²) in [5.41, 5.74) is 1.14. The quantitative estimate of drug-likeness (QED) is 0.848. The molecule has 0 unspecified atom stereocenters. The number of aryl methyl sites for hydroxylation is 1. The molecule has 1 aliphatic rings. The van der Waals surface area contributed by atoms with Crippen LogP contribution in [0.4, 0.5) is 0 Å². The van der Waals surface area contributed by atoms with Crippen LogP contribution in [0, 0.1) is 0 Å². The zero-order valence-corrected chi connectivity index (χ0v) is 11.7. The second kappa shape index (κ2) is 6.31. The predicted octanol–water partition coefficient (Wildman–Crippen LogP) is 1.65. The van der Waals surface area contributed by atoms with E-state index in [1.807, 2.05) is 12.1 Å². The molecule has 0 amide bonds. The fraction of sp³-hybridized carbons (Fsp3) is 0.500. The fourth-order valence-corrected chi connectivity index (χ4v) is 2.16. The van der Waals surface area contributed by atoms with Crippen molar-refractivity contribution in [2.45, 2.75) is 12.8 Å². The van der Waals surface area contributed by atoms with Crippen molar-refractivity contribution >= 4 is 5.84 Å². The molecule has 0 bridgehead atoms. The number of aliphatic imine (C=N–C) groups is 1. The van der Waals surface area contributed by atoms with E-state index in [1.54, 1.807) is 21.3 Å². The summed E-state index contributed by atoms with van der Waals surface area (Å²) in [5, 5.41) is 3.27. The number of nitrogens with zero attached hydrogens (tertiary/aromatic N) is 1. The largest absolute Gasteiger partial charge is 0.493 e. The first-order valence-electron chi connectivity index (χ1n) is 6.34. The van der Waals surface area contributed by atoms with Crippen LogP contribution in [0.15, 0.2) is 17.1 Å². The van der Waals surface area contributed by atoms with Gasteiger partial charge in [0.1, 0.15) is 0 Å². The van der Waals surface area contributed by atoms with Crippen LogP contribution in [0.5, 0.6) is 17.2 Å². The van der Waals surface area contributed by atoms with Gasteiger partial charge in [0.15, 0.2) is 11.5 Å². The van der Waals surface area contributed by atoms with Crippen molar-refractivity contribution in [3.63, 3.8) is 0 Å². The molecule has 1 aromatic rings. The number of rotatable bonds is 6. The third kappa shape index (κ3) is 3.10. The van der Waals surface area contributed by atoms with E-state index in [4.69, 9.17) is 14.2 Å². The Labute approximate surface area is 113 Å². The normalized spacial score (nSPS) is 13.7. The lowest BCUT2D eigenvalue weighted by Crippen LogP contribution is -2.18. The summed E-state index contributed by atoms with van der Waals surface area (Å²) in [4.78, 5) is 4.39. The fourth-order valence-electron chi connectivity index (χ4n) is 2.16. The van der Waals surface area contributed by atoms with Gasteiger partial charge in [0.25, 0.3) is 0 Å². The summed E-state index contributed by atoms with van der Waals surface area (Å²) in [6.45, 7) is 1.83. The third-order valence-electron chi connectivity index (χ3n) is 3.12. The van der Waals surface area contributed by atoms with Gasteiger partial charge in [-0.2, -0.15) is 0 Å². The number of ether oxygens (including phenoxy) is 3. The molecule has 0 spiro atoms. The molecular formula is C14H20N2O3. The summed E-state index contributed by atoms with van der Waals surface area (Å²) in [7, 11) is 4.87. The van der Waals surface area contributed by atoms with E-state index in [0.717, 1.165) is 37.3 Å². The smallest absolute Gasteiger partial charge is 0.203 e. The maximum Gasteiger partial charge on any atom is 0.203 e. The van der Waals surface area contributed by atoms with E-state index >= 15 is 0 Å². The Hall–Kier alpha value is -1.91. The van der Waals surface area contributed by atoms with Crippen molar-refractivity contribution in [1.82, 2.24) is 5.32 Å². The lowest BCUT2D eigenvalue weighted by molar-refractivity contribution is 0.324. The second-order valence-corrected chi connectivity index (χ2v) is 4.29. The van der Waals surface area contributed by atoms with Gasteiger partial charge in [-0.15, -0.1) is 0 Å². The number of benzene rings is 1. The van der Waals surface area contributed by atoms with Crippen molar-refractivity contribution < 1.29 is 14.2 Å². The SMILES string of the molecule is COc1cc(CCC2=NCCN2)cc(OC)c1OC. The van der Waals surface area contributed by atoms with Crippen LogP contribution in [0.2, 0.25) is 0 Å². The van der Waals surface area contributed by atoms with Crippen molar-refractivity contribution in [3.8, 4) is 17.2 Å². The van der Waals surface area contributed by atoms with E-state index in [1.165, 1.54) is 0 Å². The molecule has 0 atom stereocenters. The van der Waals surface area contributed by atoms with Crippen LogP contribution in [0.25, 0.3) is 0 Å². The molecule has 5 nitrogen and oxygen atoms in total. The van der Waals surface area contributed by atoms with Crippen LogP contribution < -0.4 is 19.5 Å². The summed E-state index contributed by atoms with van der Waals surface area (Å²) >= 11 is 0. The van der Waals surface area contributed by atoms with Gasteiger partial charge in [0, 0.05) is 13.0 Å². The average molecular weight is 264 g/mol. The van der Waals surface area contributed by atoms with Crippen LogP contribution in [-0.4, -0.2) is 40.3 Å². The number of hydrogen-bond acceptors (Lipinski definition) is 5. The van der Waals surface area contributed by atoms with Gasteiger partial charge in [0.2, 0.25) is 5.75 Å². The first-order valence-corrected chi connectivity index (χ1v) is 6.34. The van der Waals surface area contributed by atoms with Crippen LogP contribution >= 0.6 is 0 Å². The molecule has 1 heterocycles. The molecule has 2 rings (SSSR count). The van der Waals surface area contributed by atoms with E-state index in [0.29, 0.717) is 17.2 Å². The van der Waals surface area contributed by atoms with Crippen molar-refractivity contribution in [1.29, 1.82) is 0 Å². The Morgan fingerprint density at radius 1 is 1.05 bits per heavy atom. The van der Waals surface area contributed by atoms with Gasteiger partial charge in [-0.25, -0.2) is 0 Å². The number of amidine groups is 1. The maximum absolute atomic E-state index is 5.34. The van der Waals surface area contributed by atoms with Crippen LogP contribution in [0.3, 0.4) is 0 Å². The first-order chi connectivity index (χ1) is 9.28. The second-order valence-electron chi connectivity index (χ2n) is 4.29. The topological polar surface area (TPSA) is 52.1 Å². The van der Waals surface area contributed by atoms with Crippen LogP contribution in [0.1, 0.15) is 12.0 Å². The Kier molecular flexibility index (Phi) is 4.49. The summed E-state index contributed by atoms with van der Waals surface area (Å²) < 4.78 is 16.0. The van der Waals surface area contributed by atoms with Gasteiger partial charge in [-0.3, -0.25) is 4.99 Å². The molecule has 0 radical (unpaired) electrons. The van der Waals surface area contributed by atoms with Crippen LogP contribution in [-0.2, 0) is 6.42 Å². The van der Waals surface area contributed by atoms with Gasteiger partial charge < -0.3 is 19.5 Å². The Balaban J connectivity index is 2.15. The summed E-state index contributed by atoms with van der Waals surface area (Å²) in [6, 6.07) is 3.97. The van der Waals surface area contributed by atoms with E-state index in [2.05, 4.69) is 10.3 Å². The van der Waals surface area contributed by atoms with Crippen molar-refractivity contribution in [2.24, 2.45) is 4.99 Å². The van der Waals surface area contributed by atoms with E-state index < -0.39 is 0 Å². The van der Waals surface area contributed by atoms with Crippen molar-refractivity contribution in [2.75, 3.05) is 34.4 Å². The molecular weight excluding hydrogens is 244 g/mol. The lowest BCUT2D eigenvalue weighted by atomic mass is 10.1. The Morgan fingerprint density at radius 2 is 1.74 bits per heavy atom. The minimum Gasteiger partial charge on any atom is -0.493 e. The molecule has 5 heteroatoms. The number of hydrogen-bond donors (Lipinski definition) is 1. The molecule has 1 N–H and O–H groups in total. The molecule has 0 fully saturated rings. The monoisotopic (exact) mass is 264 g/mol. The summed E-state index contributed by atoms with van der Waals surface area (Å²) in [5.74, 6) is 3.09. The Morgan fingerprint density at radius 3 is 2.21 bits per heavy atom. The number of methoxy groups -OCH3 is 3. The zero-order valence-electron chi connectivity index (χ0n) is 11.7. The van der Waals surface area contributed by atoms with Gasteiger partial charge >= 0.3 is 0 Å². The highest BCUT2D eigenvalue weighted by Crippen LogP contribution is 2.38. The molecule has 1 aromatic carbocycles. The van der Waals surface area contributed by atoms with Gasteiger partial charge in [0.05, 0.1) is 33.7 Å². The van der Waals surface area contributed by atoms with Gasteiger partial charge in [-0.05, 0) is 24.1 Å². The van der Waals surface area contributed by atoms with E-state index in [-0.39, 0.29) is 0 Å². The highest BCUT2D eigenvalue weighted by atomic mass is 16.5. The number of nitrogens with one attached hydrogen (secondary N) is 1.